The third kappa shape index (κ3) is 2.26. The molecule has 0 saturated heterocycles. The van der Waals surface area contributed by atoms with Gasteiger partial charge >= 0.3 is 0 Å². The van der Waals surface area contributed by atoms with Crippen molar-refractivity contribution in [1.29, 1.82) is 0 Å². The molecular formula is C24H20N2. The van der Waals surface area contributed by atoms with E-state index in [-0.39, 0.29) is 6.04 Å². The van der Waals surface area contributed by atoms with Crippen LogP contribution in [0.1, 0.15) is 22.9 Å². The minimum atomic E-state index is 0.170. The zero-order valence-corrected chi connectivity index (χ0v) is 14.7. The molecule has 0 amide bonds. The van der Waals surface area contributed by atoms with Gasteiger partial charge in [-0.3, -0.25) is 0 Å². The van der Waals surface area contributed by atoms with Crippen LogP contribution < -0.4 is 9.47 Å². The molecule has 0 fully saturated rings. The van der Waals surface area contributed by atoms with Crippen LogP contribution in [0.3, 0.4) is 0 Å². The number of nitrogens with zero attached hydrogens (tertiary/aromatic N) is 2. The molecule has 3 aromatic carbocycles. The van der Waals surface area contributed by atoms with Crippen molar-refractivity contribution in [2.45, 2.75) is 13.0 Å². The van der Waals surface area contributed by atoms with Gasteiger partial charge in [-0.15, -0.1) is 0 Å². The number of hydrogen-bond acceptors (Lipinski definition) is 1. The third-order valence-corrected chi connectivity index (χ3v) is 5.26. The van der Waals surface area contributed by atoms with Crippen LogP contribution in [0.15, 0.2) is 91.1 Å². The number of fused-ring (bicyclic) bond motifs is 2. The second-order valence-electron chi connectivity index (χ2n) is 6.81. The molecule has 0 bridgehead atoms. The topological polar surface area (TPSA) is 7.12 Å². The van der Waals surface area contributed by atoms with Gasteiger partial charge in [-0.25, -0.2) is 0 Å². The molecule has 5 rings (SSSR count). The third-order valence-electron chi connectivity index (χ3n) is 5.26. The Hall–Kier alpha value is -3.26. The van der Waals surface area contributed by atoms with Crippen LogP contribution in [0.25, 0.3) is 10.8 Å². The molecule has 1 aromatic heterocycles. The summed E-state index contributed by atoms with van der Waals surface area (Å²) in [7, 11) is 0. The van der Waals surface area contributed by atoms with Gasteiger partial charge in [-0.1, -0.05) is 78.9 Å². The standard InChI is InChI=1S/C24H20N2/c1-18-9-2-4-12-20(18)24-23-14-6-7-16-25(23)17-26(24)22-15-8-11-19-10-3-5-13-21(19)22/h2-17,24H,1H3. The fourth-order valence-electron chi connectivity index (χ4n) is 3.99. The average Bonchev–Trinajstić information content (AvgIpc) is 3.07. The molecule has 1 aliphatic rings. The van der Waals surface area contributed by atoms with Crippen LogP contribution in [0.4, 0.5) is 5.69 Å². The van der Waals surface area contributed by atoms with Crippen molar-refractivity contribution in [3.63, 3.8) is 0 Å². The maximum atomic E-state index is 2.40. The highest BCUT2D eigenvalue weighted by atomic mass is 15.3. The molecule has 1 unspecified atom stereocenters. The molecule has 2 heteroatoms. The van der Waals surface area contributed by atoms with Gasteiger partial charge in [0, 0.05) is 11.1 Å². The molecule has 0 radical (unpaired) electrons. The lowest BCUT2D eigenvalue weighted by molar-refractivity contribution is -0.630. The van der Waals surface area contributed by atoms with Crippen LogP contribution in [-0.2, 0) is 0 Å². The Morgan fingerprint density at radius 2 is 1.58 bits per heavy atom. The molecule has 2 nitrogen and oxygen atoms in total. The molecule has 2 heterocycles. The van der Waals surface area contributed by atoms with Crippen molar-refractivity contribution >= 4 is 16.5 Å². The molecular weight excluding hydrogens is 316 g/mol. The number of aryl methyl sites for hydroxylation is 1. The van der Waals surface area contributed by atoms with E-state index in [2.05, 4.69) is 114 Å². The summed E-state index contributed by atoms with van der Waals surface area (Å²) in [6.07, 6.45) is 2.13. The van der Waals surface area contributed by atoms with E-state index in [9.17, 15) is 0 Å². The van der Waals surface area contributed by atoms with E-state index in [4.69, 9.17) is 0 Å². The summed E-state index contributed by atoms with van der Waals surface area (Å²) >= 11 is 0. The van der Waals surface area contributed by atoms with Gasteiger partial charge in [0.05, 0.1) is 12.2 Å². The van der Waals surface area contributed by atoms with Crippen LogP contribution in [-0.4, -0.2) is 0 Å². The molecule has 0 saturated carbocycles. The Labute approximate surface area is 154 Å². The van der Waals surface area contributed by atoms with Crippen LogP contribution in [0.2, 0.25) is 0 Å². The average molecular weight is 336 g/mol. The summed E-state index contributed by atoms with van der Waals surface area (Å²) < 4.78 is 2.24. The Balaban J connectivity index is 1.74. The van der Waals surface area contributed by atoms with Gasteiger partial charge in [-0.2, -0.15) is 0 Å². The van der Waals surface area contributed by atoms with Crippen molar-refractivity contribution in [1.82, 2.24) is 0 Å². The van der Waals surface area contributed by atoms with E-state index in [0.717, 1.165) is 0 Å². The zero-order valence-electron chi connectivity index (χ0n) is 14.7. The lowest BCUT2D eigenvalue weighted by atomic mass is 9.97. The van der Waals surface area contributed by atoms with Crippen LogP contribution >= 0.6 is 0 Å². The van der Waals surface area contributed by atoms with Crippen molar-refractivity contribution in [2.24, 2.45) is 0 Å². The number of aromatic nitrogens is 1. The summed E-state index contributed by atoms with van der Waals surface area (Å²) in [5.41, 5.74) is 5.18. The highest BCUT2D eigenvalue weighted by molar-refractivity contribution is 5.94. The normalized spacial score (nSPS) is 15.7. The van der Waals surface area contributed by atoms with Crippen LogP contribution in [0, 0.1) is 13.6 Å². The smallest absolute Gasteiger partial charge is 0.145 e. The Kier molecular flexibility index (Phi) is 3.42. The highest BCUT2D eigenvalue weighted by Gasteiger charge is 2.33. The minimum absolute atomic E-state index is 0.170. The van der Waals surface area contributed by atoms with Gasteiger partial charge in [0.2, 0.25) is 0 Å². The number of rotatable bonds is 2. The van der Waals surface area contributed by atoms with E-state index in [1.165, 1.54) is 33.3 Å². The SMILES string of the molecule is Cc1ccccc1C1c2cccc[n+]2[CH-]N1c1cccc2ccccc12. The summed E-state index contributed by atoms with van der Waals surface area (Å²) in [4.78, 5) is 2.40. The molecule has 1 aliphatic heterocycles. The first-order valence-corrected chi connectivity index (χ1v) is 8.99. The molecule has 0 spiro atoms. The number of anilines is 1. The van der Waals surface area contributed by atoms with E-state index >= 15 is 0 Å². The summed E-state index contributed by atoms with van der Waals surface area (Å²) in [6.45, 7) is 4.41. The van der Waals surface area contributed by atoms with E-state index in [1.807, 2.05) is 0 Å². The predicted molar refractivity (Wildman–Crippen MR) is 106 cm³/mol. The summed E-state index contributed by atoms with van der Waals surface area (Å²) in [6, 6.07) is 30.4. The fraction of sp³-hybridized carbons (Fsp3) is 0.0833. The monoisotopic (exact) mass is 336 g/mol. The van der Waals surface area contributed by atoms with Crippen molar-refractivity contribution in [3.8, 4) is 0 Å². The van der Waals surface area contributed by atoms with Gasteiger partial charge in [-0.05, 0) is 29.5 Å². The van der Waals surface area contributed by atoms with Crippen molar-refractivity contribution < 1.29 is 4.57 Å². The molecule has 4 aromatic rings. The molecule has 0 N–H and O–H groups in total. The first-order valence-electron chi connectivity index (χ1n) is 8.99. The van der Waals surface area contributed by atoms with Crippen LogP contribution in [0.5, 0.6) is 0 Å². The number of hydrogen-bond donors (Lipinski definition) is 0. The van der Waals surface area contributed by atoms with E-state index in [0.29, 0.717) is 0 Å². The first kappa shape index (κ1) is 15.0. The minimum Gasteiger partial charge on any atom is -0.341 e. The van der Waals surface area contributed by atoms with E-state index in [1.54, 1.807) is 0 Å². The second-order valence-corrected chi connectivity index (χ2v) is 6.81. The van der Waals surface area contributed by atoms with Crippen molar-refractivity contribution in [3.05, 3.63) is 115 Å². The molecule has 126 valence electrons. The van der Waals surface area contributed by atoms with Gasteiger partial charge in [0.1, 0.15) is 12.4 Å². The maximum Gasteiger partial charge on any atom is 0.145 e. The van der Waals surface area contributed by atoms with E-state index < -0.39 is 0 Å². The van der Waals surface area contributed by atoms with Gasteiger partial charge < -0.3 is 9.47 Å². The molecule has 26 heavy (non-hydrogen) atoms. The zero-order chi connectivity index (χ0) is 17.5. The van der Waals surface area contributed by atoms with Crippen molar-refractivity contribution in [2.75, 3.05) is 4.90 Å². The quantitative estimate of drug-likeness (QED) is 0.368. The summed E-state index contributed by atoms with van der Waals surface area (Å²) in [5, 5.41) is 2.54. The Morgan fingerprint density at radius 3 is 2.50 bits per heavy atom. The lowest BCUT2D eigenvalue weighted by Crippen LogP contribution is -2.33. The number of benzene rings is 3. The molecule has 1 atom stereocenters. The maximum absolute atomic E-state index is 2.40. The fourth-order valence-corrected chi connectivity index (χ4v) is 3.99. The Morgan fingerprint density at radius 1 is 0.808 bits per heavy atom. The number of pyridine rings is 1. The summed E-state index contributed by atoms with van der Waals surface area (Å²) in [5.74, 6) is 0. The largest absolute Gasteiger partial charge is 0.341 e. The van der Waals surface area contributed by atoms with Gasteiger partial charge in [0.15, 0.2) is 0 Å². The van der Waals surface area contributed by atoms with Gasteiger partial charge in [0.25, 0.3) is 0 Å². The lowest BCUT2D eigenvalue weighted by Gasteiger charge is -2.28. The highest BCUT2D eigenvalue weighted by Crippen LogP contribution is 2.39. The second kappa shape index (κ2) is 5.92. The first-order chi connectivity index (χ1) is 12.8. The molecule has 0 aliphatic carbocycles. The Bertz CT molecular complexity index is 1090. The predicted octanol–water partition coefficient (Wildman–Crippen LogP) is 5.01.